The van der Waals surface area contributed by atoms with E-state index in [0.29, 0.717) is 49.1 Å². The number of ether oxygens (including phenoxy) is 2. The summed E-state index contributed by atoms with van der Waals surface area (Å²) in [6.45, 7) is 14.0. The van der Waals surface area contributed by atoms with Gasteiger partial charge >= 0.3 is 0 Å². The molecule has 1 fully saturated rings. The van der Waals surface area contributed by atoms with E-state index in [-0.39, 0.29) is 19.1 Å². The molecule has 1 saturated heterocycles. The number of nitrogens with zero attached hydrogens (tertiary/aromatic N) is 4. The fourth-order valence-electron chi connectivity index (χ4n) is 3.85. The third-order valence-electron chi connectivity index (χ3n) is 6.10. The summed E-state index contributed by atoms with van der Waals surface area (Å²) >= 11 is 0. The van der Waals surface area contributed by atoms with Gasteiger partial charge in [0, 0.05) is 42.3 Å². The minimum atomic E-state index is -0.815. The molecule has 0 unspecified atom stereocenters. The quantitative estimate of drug-likeness (QED) is 0.457. The number of aliphatic hydroxyl groups is 1. The average molecular weight is 518 g/mol. The van der Waals surface area contributed by atoms with Crippen molar-refractivity contribution in [2.45, 2.75) is 33.1 Å². The highest BCUT2D eigenvalue weighted by Crippen LogP contribution is 2.32. The Labute approximate surface area is 224 Å². The van der Waals surface area contributed by atoms with E-state index in [1.807, 2.05) is 26.0 Å². The molecule has 3 rings (SSSR count). The summed E-state index contributed by atoms with van der Waals surface area (Å²) in [5.41, 5.74) is 3.91. The molecular formula is C29H35N5O4. The van der Waals surface area contributed by atoms with Crippen molar-refractivity contribution < 1.29 is 19.4 Å². The van der Waals surface area contributed by atoms with Crippen LogP contribution in [0.2, 0.25) is 0 Å². The number of pyridine rings is 2. The maximum absolute atomic E-state index is 13.1. The third-order valence-corrected chi connectivity index (χ3v) is 6.10. The number of anilines is 1. The maximum Gasteiger partial charge on any atom is 0.255 e. The van der Waals surface area contributed by atoms with Crippen molar-refractivity contribution >= 4 is 17.2 Å². The Kier molecular flexibility index (Phi) is 9.77. The molecule has 1 aliphatic rings. The number of carbonyl (C=O) groups excluding carboxylic acids is 1. The van der Waals surface area contributed by atoms with Crippen LogP contribution in [0.25, 0.3) is 5.57 Å². The molecule has 0 aromatic carbocycles. The van der Waals surface area contributed by atoms with Crippen LogP contribution in [0, 0.1) is 11.3 Å². The third kappa shape index (κ3) is 7.06. The van der Waals surface area contributed by atoms with Crippen LogP contribution in [-0.4, -0.2) is 60.5 Å². The van der Waals surface area contributed by atoms with Crippen LogP contribution < -0.4 is 15.0 Å². The number of aromatic nitrogens is 2. The molecule has 0 saturated carbocycles. The van der Waals surface area contributed by atoms with Gasteiger partial charge in [-0.3, -0.25) is 9.78 Å². The Bertz CT molecular complexity index is 1270. The highest BCUT2D eigenvalue weighted by atomic mass is 16.5. The average Bonchev–Trinajstić information content (AvgIpc) is 2.94. The molecule has 9 heteroatoms. The number of hydrogen-bond acceptors (Lipinski definition) is 8. The lowest BCUT2D eigenvalue weighted by Crippen LogP contribution is -2.36. The summed E-state index contributed by atoms with van der Waals surface area (Å²) in [6, 6.07) is 7.45. The molecule has 1 amide bonds. The predicted molar refractivity (Wildman–Crippen MR) is 147 cm³/mol. The van der Waals surface area contributed by atoms with Crippen molar-refractivity contribution in [2.75, 3.05) is 44.4 Å². The number of aliphatic hydroxyl groups excluding tert-OH is 1. The van der Waals surface area contributed by atoms with Crippen molar-refractivity contribution in [2.24, 2.45) is 0 Å². The first-order valence-corrected chi connectivity index (χ1v) is 12.5. The first-order valence-electron chi connectivity index (χ1n) is 12.5. The Morgan fingerprint density at radius 1 is 1.32 bits per heavy atom. The number of nitriles is 1. The topological polar surface area (TPSA) is 121 Å². The van der Waals surface area contributed by atoms with E-state index in [0.717, 1.165) is 22.4 Å². The minimum Gasteiger partial charge on any atom is -0.474 e. The van der Waals surface area contributed by atoms with Crippen LogP contribution in [0.1, 0.15) is 49.3 Å². The van der Waals surface area contributed by atoms with Gasteiger partial charge in [0.25, 0.3) is 5.91 Å². The lowest BCUT2D eigenvalue weighted by atomic mass is 9.90. The monoisotopic (exact) mass is 517 g/mol. The van der Waals surface area contributed by atoms with Crippen LogP contribution in [0.4, 0.5) is 5.69 Å². The SMILES string of the molecule is C=C(C)/C(=C\C(=C/C)NC(=O)c1ccnc(C(C)(C)C#N)c1)c1cnc(OCCO)c(N2CCOCC2)c1. The van der Waals surface area contributed by atoms with Crippen LogP contribution in [-0.2, 0) is 10.2 Å². The molecule has 0 bridgehead atoms. The summed E-state index contributed by atoms with van der Waals surface area (Å²) in [4.78, 5) is 24.0. The second kappa shape index (κ2) is 13.0. The van der Waals surface area contributed by atoms with E-state index in [4.69, 9.17) is 9.47 Å². The molecule has 0 spiro atoms. The number of morpholine rings is 1. The van der Waals surface area contributed by atoms with Gasteiger partial charge in [-0.2, -0.15) is 5.26 Å². The molecule has 2 aromatic heterocycles. The smallest absolute Gasteiger partial charge is 0.255 e. The molecule has 38 heavy (non-hydrogen) atoms. The van der Waals surface area contributed by atoms with E-state index in [1.54, 1.807) is 38.3 Å². The van der Waals surface area contributed by atoms with Crippen molar-refractivity contribution in [3.8, 4) is 11.9 Å². The number of carbonyl (C=O) groups is 1. The minimum absolute atomic E-state index is 0.111. The van der Waals surface area contributed by atoms with Gasteiger partial charge < -0.3 is 24.8 Å². The fraction of sp³-hybridized carbons (Fsp3) is 0.379. The number of rotatable bonds is 10. The molecule has 200 valence electrons. The van der Waals surface area contributed by atoms with E-state index in [2.05, 4.69) is 32.8 Å². The Hall–Kier alpha value is -4.00. The Balaban J connectivity index is 1.92. The maximum atomic E-state index is 13.1. The van der Waals surface area contributed by atoms with Gasteiger partial charge in [-0.05, 0) is 57.5 Å². The van der Waals surface area contributed by atoms with Crippen LogP contribution in [0.5, 0.6) is 5.88 Å². The molecule has 0 atom stereocenters. The molecule has 1 aliphatic heterocycles. The van der Waals surface area contributed by atoms with Gasteiger partial charge in [0.2, 0.25) is 5.88 Å². The van der Waals surface area contributed by atoms with Gasteiger partial charge in [0.1, 0.15) is 12.3 Å². The standard InChI is InChI=1S/C29H35N5O4/c1-6-23(33-27(36)21-7-8-31-26(16-21)29(4,5)19-30)17-24(20(2)3)22-15-25(34-9-12-37-13-10-34)28(32-18-22)38-14-11-35/h6-8,15-18,35H,2,9-14H2,1,3-5H3,(H,33,36)/b23-6+,24-17+. The van der Waals surface area contributed by atoms with Crippen molar-refractivity contribution in [1.29, 1.82) is 5.26 Å². The molecule has 2 N–H and O–H groups in total. The molecular weight excluding hydrogens is 482 g/mol. The second-order valence-electron chi connectivity index (χ2n) is 9.42. The molecule has 0 aliphatic carbocycles. The van der Waals surface area contributed by atoms with Gasteiger partial charge in [0.05, 0.1) is 37.0 Å². The summed E-state index contributed by atoms with van der Waals surface area (Å²) in [6.07, 6.45) is 6.89. The van der Waals surface area contributed by atoms with Crippen molar-refractivity contribution in [1.82, 2.24) is 15.3 Å². The Morgan fingerprint density at radius 2 is 2.05 bits per heavy atom. The first kappa shape index (κ1) is 28.6. The lowest BCUT2D eigenvalue weighted by molar-refractivity contribution is 0.0967. The number of hydrogen-bond donors (Lipinski definition) is 2. The molecule has 2 aromatic rings. The van der Waals surface area contributed by atoms with Crippen LogP contribution in [0.15, 0.2) is 60.6 Å². The molecule has 3 heterocycles. The van der Waals surface area contributed by atoms with Gasteiger partial charge in [-0.25, -0.2) is 4.98 Å². The highest BCUT2D eigenvalue weighted by Gasteiger charge is 2.23. The fourth-order valence-corrected chi connectivity index (χ4v) is 3.85. The number of allylic oxidation sites excluding steroid dienone is 4. The van der Waals surface area contributed by atoms with Crippen molar-refractivity contribution in [3.05, 3.63) is 77.4 Å². The zero-order valence-corrected chi connectivity index (χ0v) is 22.5. The van der Waals surface area contributed by atoms with Crippen LogP contribution in [0.3, 0.4) is 0 Å². The Morgan fingerprint density at radius 3 is 2.68 bits per heavy atom. The zero-order valence-electron chi connectivity index (χ0n) is 22.5. The summed E-state index contributed by atoms with van der Waals surface area (Å²) in [7, 11) is 0. The normalized spacial score (nSPS) is 14.6. The largest absolute Gasteiger partial charge is 0.474 e. The summed E-state index contributed by atoms with van der Waals surface area (Å²) < 4.78 is 11.2. The lowest BCUT2D eigenvalue weighted by Gasteiger charge is -2.30. The molecule has 0 radical (unpaired) electrons. The van der Waals surface area contributed by atoms with Gasteiger partial charge in [-0.15, -0.1) is 0 Å². The highest BCUT2D eigenvalue weighted by molar-refractivity contribution is 5.96. The molecule has 9 nitrogen and oxygen atoms in total. The van der Waals surface area contributed by atoms with E-state index in [9.17, 15) is 15.2 Å². The van der Waals surface area contributed by atoms with Gasteiger partial charge in [0.15, 0.2) is 0 Å². The van der Waals surface area contributed by atoms with E-state index < -0.39 is 5.41 Å². The first-order chi connectivity index (χ1) is 18.2. The van der Waals surface area contributed by atoms with E-state index >= 15 is 0 Å². The summed E-state index contributed by atoms with van der Waals surface area (Å²) in [5, 5.41) is 21.6. The summed E-state index contributed by atoms with van der Waals surface area (Å²) in [5.74, 6) is 0.131. The van der Waals surface area contributed by atoms with Gasteiger partial charge in [-0.1, -0.05) is 18.2 Å². The number of amides is 1. The zero-order chi connectivity index (χ0) is 27.7. The van der Waals surface area contributed by atoms with Crippen LogP contribution >= 0.6 is 0 Å². The number of nitrogens with one attached hydrogen (secondary N) is 1. The van der Waals surface area contributed by atoms with E-state index in [1.165, 1.54) is 6.20 Å². The van der Waals surface area contributed by atoms with Crippen molar-refractivity contribution in [3.63, 3.8) is 0 Å². The second-order valence-corrected chi connectivity index (χ2v) is 9.42. The predicted octanol–water partition coefficient (Wildman–Crippen LogP) is 3.78.